The summed E-state index contributed by atoms with van der Waals surface area (Å²) in [6.45, 7) is 6.45. The fraction of sp³-hybridized carbons (Fsp3) is 0.462. The maximum absolute atomic E-state index is 6.04. The van der Waals surface area contributed by atoms with Gasteiger partial charge in [-0.05, 0) is 33.2 Å². The summed E-state index contributed by atoms with van der Waals surface area (Å²) in [6, 6.07) is 19.4. The van der Waals surface area contributed by atoms with Gasteiger partial charge in [0, 0.05) is 13.1 Å². The van der Waals surface area contributed by atoms with Crippen molar-refractivity contribution in [2.75, 3.05) is 66.0 Å². The van der Waals surface area contributed by atoms with Crippen molar-refractivity contribution >= 4 is 21.5 Å². The highest BCUT2D eigenvalue weighted by molar-refractivity contribution is 6.02. The van der Waals surface area contributed by atoms with E-state index in [-0.39, 0.29) is 6.10 Å². The molecule has 1 aliphatic rings. The van der Waals surface area contributed by atoms with E-state index in [0.29, 0.717) is 66.0 Å². The third-order valence-electron chi connectivity index (χ3n) is 5.56. The molecule has 1 heterocycles. The van der Waals surface area contributed by atoms with Crippen LogP contribution >= 0.6 is 0 Å². The van der Waals surface area contributed by atoms with Gasteiger partial charge in [-0.2, -0.15) is 0 Å². The highest BCUT2D eigenvalue weighted by Crippen LogP contribution is 2.28. The Kier molecular flexibility index (Phi) is 9.28. The topological polar surface area (TPSA) is 58.2 Å². The summed E-state index contributed by atoms with van der Waals surface area (Å²) in [7, 11) is 0. The van der Waals surface area contributed by atoms with Crippen molar-refractivity contribution in [3.63, 3.8) is 0 Å². The Morgan fingerprint density at radius 1 is 0.656 bits per heavy atom. The van der Waals surface area contributed by atoms with Crippen LogP contribution in [0.1, 0.15) is 5.56 Å². The fourth-order valence-electron chi connectivity index (χ4n) is 3.97. The minimum absolute atomic E-state index is 0.0544. The van der Waals surface area contributed by atoms with E-state index in [1.54, 1.807) is 0 Å². The van der Waals surface area contributed by atoms with Crippen molar-refractivity contribution in [1.82, 2.24) is 5.32 Å². The first-order chi connectivity index (χ1) is 15.9. The van der Waals surface area contributed by atoms with E-state index in [0.717, 1.165) is 6.54 Å². The van der Waals surface area contributed by atoms with E-state index in [4.69, 9.17) is 23.7 Å². The van der Waals surface area contributed by atoms with Gasteiger partial charge in [0.2, 0.25) is 0 Å². The number of ether oxygens (including phenoxy) is 5. The van der Waals surface area contributed by atoms with Gasteiger partial charge < -0.3 is 29.0 Å². The summed E-state index contributed by atoms with van der Waals surface area (Å²) in [4.78, 5) is 0. The van der Waals surface area contributed by atoms with E-state index >= 15 is 0 Å². The van der Waals surface area contributed by atoms with Crippen LogP contribution in [0, 0.1) is 0 Å². The summed E-state index contributed by atoms with van der Waals surface area (Å²) in [5.74, 6) is 0. The molecule has 1 fully saturated rings. The third kappa shape index (κ3) is 6.72. The molecule has 0 aromatic heterocycles. The Balaban J connectivity index is 1.38. The number of hydrogen-bond donors (Lipinski definition) is 1. The molecular weight excluding hydrogens is 406 g/mol. The van der Waals surface area contributed by atoms with E-state index < -0.39 is 0 Å². The van der Waals surface area contributed by atoms with Gasteiger partial charge in [-0.1, -0.05) is 48.5 Å². The second-order valence-electron chi connectivity index (χ2n) is 7.83. The van der Waals surface area contributed by atoms with E-state index in [1.165, 1.54) is 27.1 Å². The van der Waals surface area contributed by atoms with Crippen molar-refractivity contribution < 1.29 is 23.7 Å². The molecule has 0 spiro atoms. The summed E-state index contributed by atoms with van der Waals surface area (Å²) >= 11 is 0. The first-order valence-electron chi connectivity index (χ1n) is 11.4. The van der Waals surface area contributed by atoms with Crippen LogP contribution < -0.4 is 5.32 Å². The van der Waals surface area contributed by atoms with Crippen molar-refractivity contribution in [2.45, 2.75) is 12.6 Å². The van der Waals surface area contributed by atoms with Crippen LogP contribution in [-0.2, 0) is 30.2 Å². The van der Waals surface area contributed by atoms with Gasteiger partial charge in [0.1, 0.15) is 0 Å². The molecular formula is C26H33NO5. The average molecular weight is 440 g/mol. The Labute approximate surface area is 189 Å². The zero-order valence-corrected chi connectivity index (χ0v) is 18.6. The van der Waals surface area contributed by atoms with Crippen LogP contribution in [0.15, 0.2) is 54.6 Å². The number of rotatable bonds is 4. The van der Waals surface area contributed by atoms with Crippen LogP contribution in [-0.4, -0.2) is 72.1 Å². The van der Waals surface area contributed by atoms with Crippen molar-refractivity contribution in [2.24, 2.45) is 0 Å². The lowest BCUT2D eigenvalue weighted by molar-refractivity contribution is -0.0445. The lowest BCUT2D eigenvalue weighted by Gasteiger charge is -2.20. The maximum atomic E-state index is 6.04. The Hall–Kier alpha value is -2.06. The third-order valence-corrected chi connectivity index (χ3v) is 5.56. The minimum atomic E-state index is -0.0544. The second kappa shape index (κ2) is 12.8. The van der Waals surface area contributed by atoms with Gasteiger partial charge in [-0.3, -0.25) is 0 Å². The van der Waals surface area contributed by atoms with E-state index in [9.17, 15) is 0 Å². The SMILES string of the molecule is c1ccc2c(CNCC3COCCOCCOCCOCCO3)c3ccccc3cc2c1. The van der Waals surface area contributed by atoms with Gasteiger partial charge in [-0.15, -0.1) is 0 Å². The van der Waals surface area contributed by atoms with Crippen LogP contribution in [0.2, 0.25) is 0 Å². The summed E-state index contributed by atoms with van der Waals surface area (Å²) in [5.41, 5.74) is 1.31. The highest BCUT2D eigenvalue weighted by Gasteiger charge is 2.12. The monoisotopic (exact) mass is 439 g/mol. The van der Waals surface area contributed by atoms with Gasteiger partial charge >= 0.3 is 0 Å². The largest absolute Gasteiger partial charge is 0.377 e. The Morgan fingerprint density at radius 2 is 1.19 bits per heavy atom. The molecule has 4 rings (SSSR count). The number of benzene rings is 3. The Bertz CT molecular complexity index is 893. The standard InChI is InChI=1S/C26H33NO5/c1-3-7-24-21(5-1)17-22-6-2-4-8-25(22)26(24)19-27-18-23-20-31-14-13-29-10-9-28-11-12-30-15-16-32-23/h1-8,17,23,27H,9-16,18-20H2. The molecule has 0 aliphatic carbocycles. The summed E-state index contributed by atoms with van der Waals surface area (Å²) in [6.07, 6.45) is -0.0544. The molecule has 32 heavy (non-hydrogen) atoms. The van der Waals surface area contributed by atoms with Gasteiger partial charge in [0.05, 0.1) is 65.6 Å². The predicted molar refractivity (Wildman–Crippen MR) is 126 cm³/mol. The quantitative estimate of drug-likeness (QED) is 0.628. The summed E-state index contributed by atoms with van der Waals surface area (Å²) in [5, 5.41) is 8.69. The van der Waals surface area contributed by atoms with Crippen molar-refractivity contribution in [3.8, 4) is 0 Å². The van der Waals surface area contributed by atoms with Crippen molar-refractivity contribution in [1.29, 1.82) is 0 Å². The van der Waals surface area contributed by atoms with Crippen LogP contribution in [0.25, 0.3) is 21.5 Å². The summed E-state index contributed by atoms with van der Waals surface area (Å²) < 4.78 is 28.4. The van der Waals surface area contributed by atoms with Crippen LogP contribution in [0.4, 0.5) is 0 Å². The molecule has 172 valence electrons. The van der Waals surface area contributed by atoms with Gasteiger partial charge in [0.15, 0.2) is 0 Å². The van der Waals surface area contributed by atoms with Crippen LogP contribution in [0.5, 0.6) is 0 Å². The molecule has 0 bridgehead atoms. The molecule has 0 radical (unpaired) electrons. The second-order valence-corrected chi connectivity index (χ2v) is 7.83. The lowest BCUT2D eigenvalue weighted by atomic mass is 9.97. The molecule has 1 atom stereocenters. The molecule has 1 N–H and O–H groups in total. The van der Waals surface area contributed by atoms with E-state index in [1.807, 2.05) is 0 Å². The highest BCUT2D eigenvalue weighted by atomic mass is 16.6. The molecule has 6 nitrogen and oxygen atoms in total. The fourth-order valence-corrected chi connectivity index (χ4v) is 3.97. The van der Waals surface area contributed by atoms with Crippen molar-refractivity contribution in [3.05, 3.63) is 60.2 Å². The molecule has 1 unspecified atom stereocenters. The number of hydrogen-bond acceptors (Lipinski definition) is 6. The predicted octanol–water partition coefficient (Wildman–Crippen LogP) is 3.55. The number of fused-ring (bicyclic) bond motifs is 2. The molecule has 1 saturated heterocycles. The molecule has 3 aromatic rings. The van der Waals surface area contributed by atoms with Gasteiger partial charge in [-0.25, -0.2) is 0 Å². The molecule has 6 heteroatoms. The Morgan fingerprint density at radius 3 is 1.81 bits per heavy atom. The zero-order chi connectivity index (χ0) is 21.8. The van der Waals surface area contributed by atoms with Crippen LogP contribution in [0.3, 0.4) is 0 Å². The molecule has 3 aromatic carbocycles. The molecule has 0 saturated carbocycles. The van der Waals surface area contributed by atoms with Gasteiger partial charge in [0.25, 0.3) is 0 Å². The maximum Gasteiger partial charge on any atom is 0.0933 e. The zero-order valence-electron chi connectivity index (χ0n) is 18.6. The lowest BCUT2D eigenvalue weighted by Crippen LogP contribution is -2.34. The average Bonchev–Trinajstić information content (AvgIpc) is 2.84. The minimum Gasteiger partial charge on any atom is -0.377 e. The first-order valence-corrected chi connectivity index (χ1v) is 11.4. The van der Waals surface area contributed by atoms with E-state index in [2.05, 4.69) is 59.9 Å². The first kappa shape index (κ1) is 23.1. The smallest absolute Gasteiger partial charge is 0.0933 e. The normalized spacial score (nSPS) is 20.1. The number of nitrogens with one attached hydrogen (secondary N) is 1. The molecule has 1 aliphatic heterocycles. The molecule has 0 amide bonds.